The number of carbonyl (C=O) groups is 1. The highest BCUT2D eigenvalue weighted by atomic mass is 16.5. The molecular weight excluding hydrogens is 252 g/mol. The Morgan fingerprint density at radius 1 is 1.15 bits per heavy atom. The van der Waals surface area contributed by atoms with Crippen LogP contribution in [-0.4, -0.2) is 42.8 Å². The lowest BCUT2D eigenvalue weighted by molar-refractivity contribution is -0.00288. The van der Waals surface area contributed by atoms with E-state index in [1.54, 1.807) is 0 Å². The molecule has 1 aliphatic heterocycles. The van der Waals surface area contributed by atoms with E-state index in [2.05, 4.69) is 19.2 Å². The zero-order valence-electron chi connectivity index (χ0n) is 13.1. The number of piperidine rings is 1. The predicted molar refractivity (Wildman–Crippen MR) is 80.8 cm³/mol. The van der Waals surface area contributed by atoms with Crippen molar-refractivity contribution in [2.75, 3.05) is 19.7 Å². The first-order chi connectivity index (χ1) is 9.68. The van der Waals surface area contributed by atoms with Crippen molar-refractivity contribution in [3.8, 4) is 0 Å². The normalized spacial score (nSPS) is 31.1. The highest BCUT2D eigenvalue weighted by Gasteiger charge is 2.23. The lowest BCUT2D eigenvalue weighted by Crippen LogP contribution is -2.48. The Labute approximate surface area is 123 Å². The van der Waals surface area contributed by atoms with Crippen molar-refractivity contribution >= 4 is 6.03 Å². The van der Waals surface area contributed by atoms with Crippen molar-refractivity contribution in [2.24, 2.45) is 5.92 Å². The van der Waals surface area contributed by atoms with Crippen LogP contribution in [-0.2, 0) is 4.74 Å². The van der Waals surface area contributed by atoms with Gasteiger partial charge in [0.15, 0.2) is 0 Å². The van der Waals surface area contributed by atoms with Gasteiger partial charge in [-0.1, -0.05) is 19.8 Å². The second-order valence-electron chi connectivity index (χ2n) is 6.44. The summed E-state index contributed by atoms with van der Waals surface area (Å²) in [6, 6.07) is 0.459. The van der Waals surface area contributed by atoms with Crippen LogP contribution in [0.15, 0.2) is 0 Å². The van der Waals surface area contributed by atoms with Crippen LogP contribution in [0.3, 0.4) is 0 Å². The highest BCUT2D eigenvalue weighted by molar-refractivity contribution is 5.74. The molecule has 1 heterocycles. The number of hydrogen-bond donors (Lipinski definition) is 1. The fraction of sp³-hybridized carbons (Fsp3) is 0.938. The molecule has 1 N–H and O–H groups in total. The summed E-state index contributed by atoms with van der Waals surface area (Å²) >= 11 is 0. The van der Waals surface area contributed by atoms with E-state index >= 15 is 0 Å². The molecule has 0 radical (unpaired) electrons. The Morgan fingerprint density at radius 2 is 1.90 bits per heavy atom. The van der Waals surface area contributed by atoms with Crippen LogP contribution < -0.4 is 5.32 Å². The van der Waals surface area contributed by atoms with Crippen molar-refractivity contribution in [3.05, 3.63) is 0 Å². The Kier molecular flexibility index (Phi) is 6.14. The van der Waals surface area contributed by atoms with Gasteiger partial charge in [0.05, 0.1) is 12.7 Å². The number of hydrogen-bond acceptors (Lipinski definition) is 2. The van der Waals surface area contributed by atoms with Gasteiger partial charge < -0.3 is 15.0 Å². The van der Waals surface area contributed by atoms with Crippen LogP contribution in [0.2, 0.25) is 0 Å². The van der Waals surface area contributed by atoms with Crippen molar-refractivity contribution in [1.82, 2.24) is 10.2 Å². The first-order valence-electron chi connectivity index (χ1n) is 8.34. The second-order valence-corrected chi connectivity index (χ2v) is 6.44. The molecule has 2 rings (SSSR count). The molecule has 0 spiro atoms. The van der Waals surface area contributed by atoms with Crippen molar-refractivity contribution in [2.45, 2.75) is 70.9 Å². The SMILES string of the molecule is CC1CCCCC1OCCNC(=O)N1CCCCC1C. The number of carbonyl (C=O) groups excluding carboxylic acids is 1. The fourth-order valence-electron chi connectivity index (χ4n) is 3.40. The van der Waals surface area contributed by atoms with Gasteiger partial charge in [-0.15, -0.1) is 0 Å². The molecule has 4 heteroatoms. The largest absolute Gasteiger partial charge is 0.376 e. The van der Waals surface area contributed by atoms with Gasteiger partial charge in [0, 0.05) is 19.1 Å². The summed E-state index contributed by atoms with van der Waals surface area (Å²) < 4.78 is 5.93. The summed E-state index contributed by atoms with van der Waals surface area (Å²) in [6.45, 7) is 6.58. The van der Waals surface area contributed by atoms with Crippen LogP contribution >= 0.6 is 0 Å². The summed E-state index contributed by atoms with van der Waals surface area (Å²) in [4.78, 5) is 14.0. The van der Waals surface area contributed by atoms with Crippen LogP contribution in [0.5, 0.6) is 0 Å². The molecule has 0 bridgehead atoms. The number of nitrogens with zero attached hydrogens (tertiary/aromatic N) is 1. The third kappa shape index (κ3) is 4.37. The molecule has 1 aliphatic carbocycles. The summed E-state index contributed by atoms with van der Waals surface area (Å²) in [5.74, 6) is 0.668. The fourth-order valence-corrected chi connectivity index (χ4v) is 3.40. The van der Waals surface area contributed by atoms with Gasteiger partial charge >= 0.3 is 6.03 Å². The molecule has 3 atom stereocenters. The summed E-state index contributed by atoms with van der Waals surface area (Å²) in [5.41, 5.74) is 0. The van der Waals surface area contributed by atoms with Gasteiger partial charge in [0.25, 0.3) is 0 Å². The molecule has 2 aliphatic rings. The number of likely N-dealkylation sites (tertiary alicyclic amines) is 1. The molecule has 1 saturated heterocycles. The van der Waals surface area contributed by atoms with Gasteiger partial charge in [0.2, 0.25) is 0 Å². The van der Waals surface area contributed by atoms with E-state index in [1.807, 2.05) is 4.90 Å². The third-order valence-corrected chi connectivity index (χ3v) is 4.81. The maximum Gasteiger partial charge on any atom is 0.317 e. The second kappa shape index (κ2) is 7.87. The van der Waals surface area contributed by atoms with E-state index in [9.17, 15) is 4.79 Å². The minimum Gasteiger partial charge on any atom is -0.376 e. The minimum atomic E-state index is 0.0810. The van der Waals surface area contributed by atoms with E-state index in [0.717, 1.165) is 19.4 Å². The molecular formula is C16H30N2O2. The smallest absolute Gasteiger partial charge is 0.317 e. The van der Waals surface area contributed by atoms with Crippen molar-refractivity contribution in [3.63, 3.8) is 0 Å². The van der Waals surface area contributed by atoms with Gasteiger partial charge in [-0.3, -0.25) is 0 Å². The summed E-state index contributed by atoms with van der Waals surface area (Å²) in [6.07, 6.45) is 8.98. The van der Waals surface area contributed by atoms with Crippen molar-refractivity contribution in [1.29, 1.82) is 0 Å². The maximum absolute atomic E-state index is 12.1. The minimum absolute atomic E-state index is 0.0810. The molecule has 2 fully saturated rings. The zero-order chi connectivity index (χ0) is 14.4. The van der Waals surface area contributed by atoms with Gasteiger partial charge in [-0.2, -0.15) is 0 Å². The summed E-state index contributed by atoms with van der Waals surface area (Å²) in [5, 5.41) is 3.00. The molecule has 0 aromatic carbocycles. The molecule has 20 heavy (non-hydrogen) atoms. The van der Waals surface area contributed by atoms with E-state index in [1.165, 1.54) is 32.1 Å². The first-order valence-corrected chi connectivity index (χ1v) is 8.34. The average molecular weight is 282 g/mol. The van der Waals surface area contributed by atoms with E-state index in [4.69, 9.17) is 4.74 Å². The third-order valence-electron chi connectivity index (χ3n) is 4.81. The topological polar surface area (TPSA) is 41.6 Å². The maximum atomic E-state index is 12.1. The molecule has 1 saturated carbocycles. The predicted octanol–water partition coefficient (Wildman–Crippen LogP) is 3.17. The summed E-state index contributed by atoms with van der Waals surface area (Å²) in [7, 11) is 0. The highest BCUT2D eigenvalue weighted by Crippen LogP contribution is 2.26. The van der Waals surface area contributed by atoms with Crippen LogP contribution in [0, 0.1) is 5.92 Å². The lowest BCUT2D eigenvalue weighted by atomic mass is 9.88. The Hall–Kier alpha value is -0.770. The number of amides is 2. The van der Waals surface area contributed by atoms with E-state index < -0.39 is 0 Å². The number of ether oxygens (including phenoxy) is 1. The molecule has 0 aromatic rings. The van der Waals surface area contributed by atoms with E-state index in [-0.39, 0.29) is 6.03 Å². The molecule has 0 aromatic heterocycles. The van der Waals surface area contributed by atoms with E-state index in [0.29, 0.717) is 31.2 Å². The Balaban J connectivity index is 1.61. The number of nitrogens with one attached hydrogen (secondary N) is 1. The van der Waals surface area contributed by atoms with Crippen LogP contribution in [0.4, 0.5) is 4.79 Å². The quantitative estimate of drug-likeness (QED) is 0.805. The van der Waals surface area contributed by atoms with Crippen molar-refractivity contribution < 1.29 is 9.53 Å². The molecule has 3 unspecified atom stereocenters. The van der Waals surface area contributed by atoms with Gasteiger partial charge in [-0.05, 0) is 44.9 Å². The molecule has 116 valence electrons. The monoisotopic (exact) mass is 282 g/mol. The molecule has 2 amide bonds. The van der Waals surface area contributed by atoms with Crippen LogP contribution in [0.1, 0.15) is 58.8 Å². The standard InChI is InChI=1S/C16H30N2O2/c1-13-7-3-4-9-15(13)20-12-10-17-16(19)18-11-6-5-8-14(18)2/h13-15H,3-12H2,1-2H3,(H,17,19). The molecule has 4 nitrogen and oxygen atoms in total. The number of rotatable bonds is 4. The number of urea groups is 1. The zero-order valence-corrected chi connectivity index (χ0v) is 13.1. The average Bonchev–Trinajstić information content (AvgIpc) is 2.45. The lowest BCUT2D eigenvalue weighted by Gasteiger charge is -2.33. The Morgan fingerprint density at radius 3 is 2.65 bits per heavy atom. The Bertz CT molecular complexity index is 309. The van der Waals surface area contributed by atoms with Gasteiger partial charge in [-0.25, -0.2) is 4.79 Å². The van der Waals surface area contributed by atoms with Gasteiger partial charge in [0.1, 0.15) is 0 Å². The first kappa shape index (κ1) is 15.6. The van der Waals surface area contributed by atoms with Crippen LogP contribution in [0.25, 0.3) is 0 Å².